The lowest BCUT2D eigenvalue weighted by Gasteiger charge is -2.16. The summed E-state index contributed by atoms with van der Waals surface area (Å²) >= 11 is 0. The third kappa shape index (κ3) is 3.07. The lowest BCUT2D eigenvalue weighted by molar-refractivity contribution is -0.131. The lowest BCUT2D eigenvalue weighted by atomic mass is 9.96. The zero-order valence-corrected chi connectivity index (χ0v) is 12.9. The van der Waals surface area contributed by atoms with Gasteiger partial charge in [-0.3, -0.25) is 4.79 Å². The molecule has 0 aliphatic carbocycles. The first kappa shape index (κ1) is 15.1. The maximum Gasteiger partial charge on any atom is 0.308 e. The second kappa shape index (κ2) is 6.00. The molecule has 0 saturated heterocycles. The highest BCUT2D eigenvalue weighted by molar-refractivity contribution is 5.97. The number of ether oxygens (including phenoxy) is 1. The minimum Gasteiger partial charge on any atom is -0.507 e. The predicted octanol–water partition coefficient (Wildman–Crippen LogP) is 4.29. The summed E-state index contributed by atoms with van der Waals surface area (Å²) in [5.74, 6) is 0.437. The van der Waals surface area contributed by atoms with Gasteiger partial charge in [0.2, 0.25) is 0 Å². The Morgan fingerprint density at radius 2 is 1.81 bits per heavy atom. The van der Waals surface area contributed by atoms with Gasteiger partial charge in [-0.2, -0.15) is 0 Å². The van der Waals surface area contributed by atoms with Gasteiger partial charge < -0.3 is 9.84 Å². The van der Waals surface area contributed by atoms with Crippen LogP contribution >= 0.6 is 0 Å². The van der Waals surface area contributed by atoms with Crippen LogP contribution in [-0.4, -0.2) is 11.1 Å². The van der Waals surface area contributed by atoms with Gasteiger partial charge in [-0.15, -0.1) is 0 Å². The van der Waals surface area contributed by atoms with Crippen LogP contribution in [0, 0.1) is 6.92 Å². The second-order valence-corrected chi connectivity index (χ2v) is 5.41. The quantitative estimate of drug-likeness (QED) is 0.519. The molecule has 0 atom stereocenters. The summed E-state index contributed by atoms with van der Waals surface area (Å²) in [6.07, 6.45) is 2.66. The molecule has 3 nitrogen and oxygen atoms in total. The number of carbonyl (C=O) groups excluding carboxylic acids is 1. The second-order valence-electron chi connectivity index (χ2n) is 5.41. The molecule has 0 aliphatic rings. The Balaban J connectivity index is 2.74. The number of carbonyl (C=O) groups is 1. The summed E-state index contributed by atoms with van der Waals surface area (Å²) in [4.78, 5) is 11.4. The van der Waals surface area contributed by atoms with Crippen LogP contribution in [0.4, 0.5) is 0 Å². The normalized spacial score (nSPS) is 10.5. The highest BCUT2D eigenvalue weighted by Gasteiger charge is 2.17. The molecular weight excluding hydrogens is 264 g/mol. The van der Waals surface area contributed by atoms with E-state index >= 15 is 0 Å². The van der Waals surface area contributed by atoms with Crippen molar-refractivity contribution in [2.45, 2.75) is 34.1 Å². The van der Waals surface area contributed by atoms with Crippen LogP contribution in [0.1, 0.15) is 31.9 Å². The number of hydrogen-bond donors (Lipinski definition) is 1. The van der Waals surface area contributed by atoms with E-state index in [4.69, 9.17) is 4.74 Å². The van der Waals surface area contributed by atoms with Crippen molar-refractivity contribution in [2.24, 2.45) is 0 Å². The number of benzene rings is 2. The van der Waals surface area contributed by atoms with Gasteiger partial charge in [0.1, 0.15) is 11.5 Å². The van der Waals surface area contributed by atoms with E-state index in [9.17, 15) is 9.90 Å². The topological polar surface area (TPSA) is 46.5 Å². The third-order valence-electron chi connectivity index (χ3n) is 3.47. The standard InChI is InChI=1S/C18H20O3/c1-11(2)9-10-14-12(3)18(21-13(4)19)16-8-6-5-7-15(16)17(14)20/h5-9,20H,10H2,1-4H3. The molecule has 0 unspecified atom stereocenters. The Bertz CT molecular complexity index is 723. The Labute approximate surface area is 124 Å². The average molecular weight is 284 g/mol. The van der Waals surface area contributed by atoms with Gasteiger partial charge in [0.15, 0.2) is 0 Å². The minimum absolute atomic E-state index is 0.261. The number of phenols is 1. The van der Waals surface area contributed by atoms with Crippen LogP contribution in [0.25, 0.3) is 10.8 Å². The van der Waals surface area contributed by atoms with Crippen LogP contribution in [0.3, 0.4) is 0 Å². The van der Waals surface area contributed by atoms with Crippen LogP contribution in [0.15, 0.2) is 35.9 Å². The van der Waals surface area contributed by atoms with E-state index in [0.29, 0.717) is 17.6 Å². The van der Waals surface area contributed by atoms with Crippen LogP contribution in [-0.2, 0) is 11.2 Å². The Morgan fingerprint density at radius 3 is 2.38 bits per heavy atom. The van der Waals surface area contributed by atoms with E-state index in [1.54, 1.807) is 0 Å². The summed E-state index contributed by atoms with van der Waals surface area (Å²) in [5.41, 5.74) is 2.78. The zero-order chi connectivity index (χ0) is 15.6. The van der Waals surface area contributed by atoms with Gasteiger partial charge >= 0.3 is 5.97 Å². The molecule has 1 N–H and O–H groups in total. The summed E-state index contributed by atoms with van der Waals surface area (Å²) in [7, 11) is 0. The van der Waals surface area contributed by atoms with E-state index in [1.165, 1.54) is 12.5 Å². The number of allylic oxidation sites excluding steroid dienone is 2. The molecule has 0 bridgehead atoms. The van der Waals surface area contributed by atoms with Crippen molar-refractivity contribution < 1.29 is 14.6 Å². The molecule has 0 spiro atoms. The van der Waals surface area contributed by atoms with Crippen LogP contribution in [0.2, 0.25) is 0 Å². The third-order valence-corrected chi connectivity index (χ3v) is 3.47. The summed E-state index contributed by atoms with van der Waals surface area (Å²) in [6, 6.07) is 7.41. The maximum atomic E-state index is 11.4. The van der Waals surface area contributed by atoms with Crippen molar-refractivity contribution in [1.82, 2.24) is 0 Å². The lowest BCUT2D eigenvalue weighted by Crippen LogP contribution is -2.05. The molecule has 3 heteroatoms. The highest BCUT2D eigenvalue weighted by Crippen LogP contribution is 2.40. The molecule has 2 rings (SSSR count). The van der Waals surface area contributed by atoms with E-state index in [2.05, 4.69) is 0 Å². The SMILES string of the molecule is CC(=O)Oc1c(C)c(CC=C(C)C)c(O)c2ccccc12. The van der Waals surface area contributed by atoms with Crippen LogP contribution < -0.4 is 4.74 Å². The van der Waals surface area contributed by atoms with Gasteiger partial charge in [0.25, 0.3) is 0 Å². The van der Waals surface area contributed by atoms with Crippen molar-refractivity contribution in [3.05, 3.63) is 47.0 Å². The molecular formula is C18H20O3. The fourth-order valence-electron chi connectivity index (χ4n) is 2.40. The molecule has 0 aromatic heterocycles. The smallest absolute Gasteiger partial charge is 0.308 e. The van der Waals surface area contributed by atoms with Crippen molar-refractivity contribution in [2.75, 3.05) is 0 Å². The van der Waals surface area contributed by atoms with E-state index < -0.39 is 0 Å². The zero-order valence-electron chi connectivity index (χ0n) is 12.9. The largest absolute Gasteiger partial charge is 0.507 e. The molecule has 0 radical (unpaired) electrons. The van der Waals surface area contributed by atoms with Crippen molar-refractivity contribution >= 4 is 16.7 Å². The molecule has 21 heavy (non-hydrogen) atoms. The first-order chi connectivity index (χ1) is 9.91. The van der Waals surface area contributed by atoms with Crippen molar-refractivity contribution in [3.8, 4) is 11.5 Å². The van der Waals surface area contributed by atoms with Crippen molar-refractivity contribution in [3.63, 3.8) is 0 Å². The first-order valence-corrected chi connectivity index (χ1v) is 6.96. The van der Waals surface area contributed by atoms with Gasteiger partial charge in [-0.1, -0.05) is 35.9 Å². The fraction of sp³-hybridized carbons (Fsp3) is 0.278. The van der Waals surface area contributed by atoms with Gasteiger partial charge in [-0.05, 0) is 32.8 Å². The van der Waals surface area contributed by atoms with Gasteiger partial charge in [0, 0.05) is 23.3 Å². The van der Waals surface area contributed by atoms with E-state index in [-0.39, 0.29) is 11.7 Å². The number of fused-ring (bicyclic) bond motifs is 1. The monoisotopic (exact) mass is 284 g/mol. The molecule has 0 aliphatic heterocycles. The fourth-order valence-corrected chi connectivity index (χ4v) is 2.40. The molecule has 0 heterocycles. The van der Waals surface area contributed by atoms with Gasteiger partial charge in [0.05, 0.1) is 0 Å². The Kier molecular flexibility index (Phi) is 4.32. The number of rotatable bonds is 3. The molecule has 0 fully saturated rings. The molecule has 110 valence electrons. The molecule has 2 aromatic rings. The minimum atomic E-state index is -0.359. The Hall–Kier alpha value is -2.29. The molecule has 2 aromatic carbocycles. The predicted molar refractivity (Wildman–Crippen MR) is 84.8 cm³/mol. The van der Waals surface area contributed by atoms with Crippen LogP contribution in [0.5, 0.6) is 11.5 Å². The number of hydrogen-bond acceptors (Lipinski definition) is 3. The molecule has 0 saturated carbocycles. The Morgan fingerprint density at radius 1 is 1.19 bits per heavy atom. The molecule has 0 amide bonds. The number of esters is 1. The number of aromatic hydroxyl groups is 1. The number of phenolic OH excluding ortho intramolecular Hbond substituents is 1. The average Bonchev–Trinajstić information content (AvgIpc) is 2.43. The summed E-state index contributed by atoms with van der Waals surface area (Å²) in [5, 5.41) is 12.0. The maximum absolute atomic E-state index is 11.4. The van der Waals surface area contributed by atoms with Gasteiger partial charge in [-0.25, -0.2) is 0 Å². The van der Waals surface area contributed by atoms with Crippen molar-refractivity contribution in [1.29, 1.82) is 0 Å². The summed E-state index contributed by atoms with van der Waals surface area (Å²) < 4.78 is 5.39. The van der Waals surface area contributed by atoms with E-state index in [0.717, 1.165) is 16.5 Å². The first-order valence-electron chi connectivity index (χ1n) is 6.96. The summed E-state index contributed by atoms with van der Waals surface area (Å²) in [6.45, 7) is 7.29. The highest BCUT2D eigenvalue weighted by atomic mass is 16.5. The van der Waals surface area contributed by atoms with E-state index in [1.807, 2.05) is 51.1 Å².